The Bertz CT molecular complexity index is 519. The zero-order valence-electron chi connectivity index (χ0n) is 10.3. The highest BCUT2D eigenvalue weighted by atomic mass is 16.3. The lowest BCUT2D eigenvalue weighted by atomic mass is 10.1. The van der Waals surface area contributed by atoms with E-state index in [0.717, 1.165) is 16.9 Å². The van der Waals surface area contributed by atoms with Gasteiger partial charge in [-0.3, -0.25) is 4.68 Å². The predicted octanol–water partition coefficient (Wildman–Crippen LogP) is 2.61. The van der Waals surface area contributed by atoms with Crippen molar-refractivity contribution < 1.29 is 5.11 Å². The number of phenols is 1. The number of rotatable bonds is 3. The molecule has 1 unspecified atom stereocenters. The maximum Gasteiger partial charge on any atom is 0.120 e. The quantitative estimate of drug-likeness (QED) is 0.853. The van der Waals surface area contributed by atoms with Gasteiger partial charge in [0, 0.05) is 18.8 Å². The summed E-state index contributed by atoms with van der Waals surface area (Å²) in [6, 6.07) is 7.39. The van der Waals surface area contributed by atoms with E-state index in [2.05, 4.69) is 10.4 Å². The Morgan fingerprint density at radius 2 is 2.06 bits per heavy atom. The van der Waals surface area contributed by atoms with Crippen LogP contribution in [0.3, 0.4) is 0 Å². The first-order valence-electron chi connectivity index (χ1n) is 5.62. The lowest BCUT2D eigenvalue weighted by Crippen LogP contribution is -2.07. The van der Waals surface area contributed by atoms with E-state index < -0.39 is 0 Å². The van der Waals surface area contributed by atoms with Crippen molar-refractivity contribution in [1.82, 2.24) is 9.78 Å². The Hall–Kier alpha value is -1.97. The number of aromatic hydroxyl groups is 1. The molecule has 0 saturated carbocycles. The maximum atomic E-state index is 9.77. The van der Waals surface area contributed by atoms with Gasteiger partial charge in [0.15, 0.2) is 0 Å². The first-order chi connectivity index (χ1) is 8.08. The largest absolute Gasteiger partial charge is 0.508 e. The Morgan fingerprint density at radius 1 is 1.35 bits per heavy atom. The van der Waals surface area contributed by atoms with Gasteiger partial charge in [0.2, 0.25) is 0 Å². The minimum absolute atomic E-state index is 0.0408. The molecule has 2 aromatic rings. The number of hydrogen-bond donors (Lipinski definition) is 2. The summed E-state index contributed by atoms with van der Waals surface area (Å²) in [4.78, 5) is 0. The highest BCUT2D eigenvalue weighted by Crippen LogP contribution is 2.27. The highest BCUT2D eigenvalue weighted by molar-refractivity contribution is 5.49. The third kappa shape index (κ3) is 2.41. The van der Waals surface area contributed by atoms with Gasteiger partial charge in [-0.2, -0.15) is 5.10 Å². The molecule has 0 amide bonds. The van der Waals surface area contributed by atoms with E-state index in [0.29, 0.717) is 5.75 Å². The summed E-state index contributed by atoms with van der Waals surface area (Å²) in [6.07, 6.45) is 1.94. The van der Waals surface area contributed by atoms with Gasteiger partial charge in [-0.1, -0.05) is 18.2 Å². The molecule has 1 aromatic carbocycles. The van der Waals surface area contributed by atoms with Gasteiger partial charge in [-0.15, -0.1) is 0 Å². The Morgan fingerprint density at radius 3 is 2.65 bits per heavy atom. The second kappa shape index (κ2) is 4.49. The van der Waals surface area contributed by atoms with Crippen LogP contribution < -0.4 is 5.32 Å². The van der Waals surface area contributed by atoms with Crippen molar-refractivity contribution in [3.05, 3.63) is 41.7 Å². The molecule has 1 heterocycles. The second-order valence-corrected chi connectivity index (χ2v) is 4.23. The normalized spacial score (nSPS) is 12.4. The molecule has 0 fully saturated rings. The van der Waals surface area contributed by atoms with Crippen molar-refractivity contribution in [1.29, 1.82) is 0 Å². The fourth-order valence-corrected chi connectivity index (χ4v) is 1.91. The molecule has 4 nitrogen and oxygen atoms in total. The van der Waals surface area contributed by atoms with E-state index in [9.17, 15) is 5.11 Å². The van der Waals surface area contributed by atoms with Crippen molar-refractivity contribution in [2.75, 3.05) is 5.32 Å². The maximum absolute atomic E-state index is 9.77. The first-order valence-corrected chi connectivity index (χ1v) is 5.62. The summed E-state index contributed by atoms with van der Waals surface area (Å²) >= 11 is 0. The van der Waals surface area contributed by atoms with Crippen molar-refractivity contribution in [3.63, 3.8) is 0 Å². The van der Waals surface area contributed by atoms with Gasteiger partial charge < -0.3 is 10.4 Å². The summed E-state index contributed by atoms with van der Waals surface area (Å²) in [5.74, 6) is 0.314. The molecule has 2 N–H and O–H groups in total. The molecule has 17 heavy (non-hydrogen) atoms. The molecular formula is C13H17N3O. The molecule has 1 aromatic heterocycles. The van der Waals surface area contributed by atoms with Crippen LogP contribution in [0.4, 0.5) is 5.69 Å². The summed E-state index contributed by atoms with van der Waals surface area (Å²) in [5.41, 5.74) is 2.83. The van der Waals surface area contributed by atoms with Gasteiger partial charge in [0.25, 0.3) is 0 Å². The van der Waals surface area contributed by atoms with E-state index in [4.69, 9.17) is 0 Å². The summed E-state index contributed by atoms with van der Waals surface area (Å²) in [5, 5.41) is 17.4. The first kappa shape index (κ1) is 11.5. The molecule has 0 spiro atoms. The van der Waals surface area contributed by atoms with E-state index in [1.807, 2.05) is 45.3 Å². The minimum atomic E-state index is 0.0408. The number of nitrogens with one attached hydrogen (secondary N) is 1. The average Bonchev–Trinajstić information content (AvgIpc) is 2.58. The van der Waals surface area contributed by atoms with Gasteiger partial charge in [-0.05, 0) is 19.9 Å². The number of hydrogen-bond acceptors (Lipinski definition) is 3. The van der Waals surface area contributed by atoms with Crippen LogP contribution in [0.2, 0.25) is 0 Å². The highest BCUT2D eigenvalue weighted by Gasteiger charge is 2.11. The lowest BCUT2D eigenvalue weighted by molar-refractivity contribution is 0.465. The van der Waals surface area contributed by atoms with Gasteiger partial charge in [0.1, 0.15) is 5.75 Å². The topological polar surface area (TPSA) is 50.1 Å². The van der Waals surface area contributed by atoms with Crippen LogP contribution in [0.15, 0.2) is 30.5 Å². The molecule has 0 aliphatic heterocycles. The predicted molar refractivity (Wildman–Crippen MR) is 68.1 cm³/mol. The van der Waals surface area contributed by atoms with Crippen LogP contribution in [-0.2, 0) is 7.05 Å². The third-order valence-corrected chi connectivity index (χ3v) is 2.79. The molecule has 1 atom stereocenters. The van der Waals surface area contributed by atoms with E-state index >= 15 is 0 Å². The van der Waals surface area contributed by atoms with Crippen LogP contribution in [0.5, 0.6) is 5.75 Å². The third-order valence-electron chi connectivity index (χ3n) is 2.79. The second-order valence-electron chi connectivity index (χ2n) is 4.23. The number of benzene rings is 1. The van der Waals surface area contributed by atoms with Crippen LogP contribution in [0, 0.1) is 6.92 Å². The summed E-state index contributed by atoms with van der Waals surface area (Å²) in [6.45, 7) is 3.97. The molecule has 90 valence electrons. The number of para-hydroxylation sites is 1. The van der Waals surface area contributed by atoms with Crippen LogP contribution >= 0.6 is 0 Å². The van der Waals surface area contributed by atoms with Crippen LogP contribution in [-0.4, -0.2) is 14.9 Å². The van der Waals surface area contributed by atoms with Crippen LogP contribution in [0.25, 0.3) is 0 Å². The van der Waals surface area contributed by atoms with E-state index in [1.165, 1.54) is 0 Å². The molecule has 0 aliphatic carbocycles. The van der Waals surface area contributed by atoms with Crippen molar-refractivity contribution in [2.24, 2.45) is 7.05 Å². The van der Waals surface area contributed by atoms with E-state index in [1.54, 1.807) is 10.7 Å². The van der Waals surface area contributed by atoms with E-state index in [-0.39, 0.29) is 6.04 Å². The van der Waals surface area contributed by atoms with Crippen molar-refractivity contribution in [3.8, 4) is 5.75 Å². The minimum Gasteiger partial charge on any atom is -0.508 e. The fraction of sp³-hybridized carbons (Fsp3) is 0.308. The van der Waals surface area contributed by atoms with Gasteiger partial charge in [0.05, 0.1) is 17.4 Å². The molecule has 0 saturated heterocycles. The van der Waals surface area contributed by atoms with Gasteiger partial charge in [-0.25, -0.2) is 0 Å². The van der Waals surface area contributed by atoms with Crippen LogP contribution in [0.1, 0.15) is 24.2 Å². The smallest absolute Gasteiger partial charge is 0.120 e. The molecule has 0 bridgehead atoms. The zero-order chi connectivity index (χ0) is 12.4. The number of phenolic OH excluding ortho intramolecular Hbond substituents is 1. The molecule has 0 radical (unpaired) electrons. The fourth-order valence-electron chi connectivity index (χ4n) is 1.91. The average molecular weight is 231 g/mol. The molecule has 4 heteroatoms. The molecule has 0 aliphatic rings. The zero-order valence-corrected chi connectivity index (χ0v) is 10.3. The standard InChI is InChI=1S/C13H17N3O/c1-9(11-6-4-5-7-13(11)17)14-12-8-16(3)15-10(12)2/h4-9,14,17H,1-3H3. The number of nitrogens with zero attached hydrogens (tertiary/aromatic N) is 2. The summed E-state index contributed by atoms with van der Waals surface area (Å²) in [7, 11) is 1.89. The van der Waals surface area contributed by atoms with Crippen molar-refractivity contribution in [2.45, 2.75) is 19.9 Å². The SMILES string of the molecule is Cc1nn(C)cc1NC(C)c1ccccc1O. The number of anilines is 1. The molecule has 2 rings (SSSR count). The Kier molecular flexibility index (Phi) is 3.04. The van der Waals surface area contributed by atoms with Crippen molar-refractivity contribution >= 4 is 5.69 Å². The number of aromatic nitrogens is 2. The monoisotopic (exact) mass is 231 g/mol. The molecular weight excluding hydrogens is 214 g/mol. The Labute approximate surface area is 101 Å². The Balaban J connectivity index is 2.20. The van der Waals surface area contributed by atoms with Gasteiger partial charge >= 0.3 is 0 Å². The summed E-state index contributed by atoms with van der Waals surface area (Å²) < 4.78 is 1.77. The number of aryl methyl sites for hydroxylation is 2. The lowest BCUT2D eigenvalue weighted by Gasteiger charge is -2.15.